The van der Waals surface area contributed by atoms with E-state index in [1.54, 1.807) is 12.1 Å². The summed E-state index contributed by atoms with van der Waals surface area (Å²) in [6.45, 7) is 3.80. The third-order valence-electron chi connectivity index (χ3n) is 3.46. The Morgan fingerprint density at radius 3 is 2.42 bits per heavy atom. The summed E-state index contributed by atoms with van der Waals surface area (Å²) >= 11 is 5.82. The molecule has 1 aromatic carbocycles. The van der Waals surface area contributed by atoms with Gasteiger partial charge in [-0.05, 0) is 42.3 Å². The zero-order chi connectivity index (χ0) is 17.7. The molecule has 0 aliphatic rings. The second-order valence-electron chi connectivity index (χ2n) is 5.91. The lowest BCUT2D eigenvalue weighted by atomic mass is 10.1. The van der Waals surface area contributed by atoms with Crippen LogP contribution < -0.4 is 5.32 Å². The average molecular weight is 370 g/mol. The molecular weight excluding hydrogens is 350 g/mol. The first kappa shape index (κ1) is 18.5. The summed E-state index contributed by atoms with van der Waals surface area (Å²) in [7, 11) is -3.73. The molecule has 0 saturated carbocycles. The lowest BCUT2D eigenvalue weighted by Gasteiger charge is -2.17. The summed E-state index contributed by atoms with van der Waals surface area (Å²) in [5.74, 6) is 0.294. The van der Waals surface area contributed by atoms with Gasteiger partial charge >= 0.3 is 0 Å². The third kappa shape index (κ3) is 4.61. The van der Waals surface area contributed by atoms with E-state index in [1.165, 1.54) is 30.5 Å². The van der Waals surface area contributed by atoms with E-state index < -0.39 is 15.1 Å². The predicted molar refractivity (Wildman–Crippen MR) is 92.6 cm³/mol. The largest absolute Gasteiger partial charge is 0.468 e. The van der Waals surface area contributed by atoms with Crippen LogP contribution in [0.5, 0.6) is 0 Å². The Hall–Kier alpha value is -1.79. The lowest BCUT2D eigenvalue weighted by Crippen LogP contribution is -2.32. The maximum Gasteiger partial charge on any atom is 0.220 e. The molecule has 1 atom stereocenters. The van der Waals surface area contributed by atoms with Crippen LogP contribution in [0.4, 0.5) is 0 Å². The first-order valence-corrected chi connectivity index (χ1v) is 9.52. The number of hydrogen-bond donors (Lipinski definition) is 1. The van der Waals surface area contributed by atoms with Crippen LogP contribution in [0.3, 0.4) is 0 Å². The first-order valence-electron chi connectivity index (χ1n) is 7.60. The normalized spacial score (nSPS) is 13.0. The molecule has 0 fully saturated rings. The number of halogens is 1. The molecule has 7 heteroatoms. The average Bonchev–Trinajstić information content (AvgIpc) is 3.01. The second-order valence-corrected chi connectivity index (χ2v) is 8.47. The Kier molecular flexibility index (Phi) is 6.07. The Balaban J connectivity index is 2.26. The van der Waals surface area contributed by atoms with Crippen LogP contribution in [-0.2, 0) is 14.6 Å². The molecule has 0 spiro atoms. The standard InChI is InChI=1S/C17H20ClNO4S/c1-12(2)10-17(20)19-11-16(15-4-3-9-23-15)24(21,22)14-7-5-13(18)6-8-14/h3-9,12,16H,10-11H2,1-2H3,(H,19,20)/t16-/m1/s1. The van der Waals surface area contributed by atoms with E-state index in [2.05, 4.69) is 5.32 Å². The fourth-order valence-corrected chi connectivity index (χ4v) is 3.99. The topological polar surface area (TPSA) is 76.4 Å². The van der Waals surface area contributed by atoms with E-state index in [4.69, 9.17) is 16.0 Å². The Morgan fingerprint density at radius 1 is 1.21 bits per heavy atom. The zero-order valence-electron chi connectivity index (χ0n) is 13.5. The number of rotatable bonds is 7. The molecule has 0 aliphatic carbocycles. The van der Waals surface area contributed by atoms with Crippen molar-refractivity contribution in [1.82, 2.24) is 5.32 Å². The molecule has 0 unspecified atom stereocenters. The number of carbonyl (C=O) groups excluding carboxylic acids is 1. The van der Waals surface area contributed by atoms with Gasteiger partial charge in [-0.15, -0.1) is 0 Å². The van der Waals surface area contributed by atoms with Crippen molar-refractivity contribution in [3.05, 3.63) is 53.4 Å². The fourth-order valence-electron chi connectivity index (χ4n) is 2.28. The van der Waals surface area contributed by atoms with Gasteiger partial charge in [-0.1, -0.05) is 25.4 Å². The van der Waals surface area contributed by atoms with E-state index >= 15 is 0 Å². The second kappa shape index (κ2) is 7.85. The number of sulfone groups is 1. The van der Waals surface area contributed by atoms with Crippen molar-refractivity contribution in [2.75, 3.05) is 6.54 Å². The van der Waals surface area contributed by atoms with Crippen LogP contribution in [0.1, 0.15) is 31.3 Å². The van der Waals surface area contributed by atoms with Gasteiger partial charge in [0, 0.05) is 18.0 Å². The highest BCUT2D eigenvalue weighted by atomic mass is 35.5. The van der Waals surface area contributed by atoms with Crippen LogP contribution >= 0.6 is 11.6 Å². The Labute approximate surface area is 146 Å². The first-order chi connectivity index (χ1) is 11.3. The number of nitrogens with one attached hydrogen (secondary N) is 1. The summed E-state index contributed by atoms with van der Waals surface area (Å²) in [6.07, 6.45) is 1.75. The molecule has 1 heterocycles. The molecule has 0 aliphatic heterocycles. The van der Waals surface area contributed by atoms with E-state index in [0.29, 0.717) is 11.4 Å². The Bertz CT molecular complexity index is 767. The number of carbonyl (C=O) groups is 1. The molecule has 0 radical (unpaired) electrons. The van der Waals surface area contributed by atoms with Gasteiger partial charge in [0.05, 0.1) is 11.2 Å². The van der Waals surface area contributed by atoms with Crippen molar-refractivity contribution in [2.45, 2.75) is 30.4 Å². The molecule has 2 rings (SSSR count). The molecule has 0 bridgehead atoms. The van der Waals surface area contributed by atoms with Crippen molar-refractivity contribution in [1.29, 1.82) is 0 Å². The summed E-state index contributed by atoms with van der Waals surface area (Å²) in [5, 5.41) is 2.14. The SMILES string of the molecule is CC(C)CC(=O)NC[C@H](c1ccco1)S(=O)(=O)c1ccc(Cl)cc1. The van der Waals surface area contributed by atoms with Gasteiger partial charge in [0.1, 0.15) is 11.0 Å². The maximum absolute atomic E-state index is 12.9. The van der Waals surface area contributed by atoms with Crippen molar-refractivity contribution >= 4 is 27.3 Å². The smallest absolute Gasteiger partial charge is 0.220 e. The van der Waals surface area contributed by atoms with Gasteiger partial charge in [0.15, 0.2) is 9.84 Å². The number of hydrogen-bond acceptors (Lipinski definition) is 4. The van der Waals surface area contributed by atoms with E-state index in [-0.39, 0.29) is 29.0 Å². The van der Waals surface area contributed by atoms with Gasteiger partial charge in [-0.2, -0.15) is 0 Å². The molecule has 0 saturated heterocycles. The summed E-state index contributed by atoms with van der Waals surface area (Å²) in [5.41, 5.74) is 0. The summed E-state index contributed by atoms with van der Waals surface area (Å²) < 4.78 is 31.1. The molecule has 1 aromatic heterocycles. The maximum atomic E-state index is 12.9. The molecule has 5 nitrogen and oxygen atoms in total. The summed E-state index contributed by atoms with van der Waals surface area (Å²) in [6, 6.07) is 9.14. The van der Waals surface area contributed by atoms with Crippen LogP contribution in [0.25, 0.3) is 0 Å². The number of benzene rings is 1. The van der Waals surface area contributed by atoms with Crippen molar-refractivity contribution in [3.63, 3.8) is 0 Å². The third-order valence-corrected chi connectivity index (χ3v) is 5.78. The van der Waals surface area contributed by atoms with E-state index in [0.717, 1.165) is 0 Å². The fraction of sp³-hybridized carbons (Fsp3) is 0.353. The van der Waals surface area contributed by atoms with Crippen molar-refractivity contribution in [3.8, 4) is 0 Å². The molecule has 2 aromatic rings. The van der Waals surface area contributed by atoms with Crippen LogP contribution in [0, 0.1) is 5.92 Å². The number of furan rings is 1. The van der Waals surface area contributed by atoms with Crippen molar-refractivity contribution < 1.29 is 17.6 Å². The highest BCUT2D eigenvalue weighted by Gasteiger charge is 2.31. The zero-order valence-corrected chi connectivity index (χ0v) is 15.1. The minimum absolute atomic E-state index is 0.0516. The number of amides is 1. The monoisotopic (exact) mass is 369 g/mol. The van der Waals surface area contributed by atoms with Crippen LogP contribution in [0.2, 0.25) is 5.02 Å². The van der Waals surface area contributed by atoms with Gasteiger partial charge in [-0.25, -0.2) is 8.42 Å². The van der Waals surface area contributed by atoms with Gasteiger partial charge < -0.3 is 9.73 Å². The minimum atomic E-state index is -3.73. The van der Waals surface area contributed by atoms with Gasteiger partial charge in [-0.3, -0.25) is 4.79 Å². The molecular formula is C17H20ClNO4S. The van der Waals surface area contributed by atoms with Crippen LogP contribution in [-0.4, -0.2) is 20.9 Å². The highest BCUT2D eigenvalue weighted by Crippen LogP contribution is 2.29. The van der Waals surface area contributed by atoms with Gasteiger partial charge in [0.25, 0.3) is 0 Å². The minimum Gasteiger partial charge on any atom is -0.468 e. The van der Waals surface area contributed by atoms with Crippen molar-refractivity contribution in [2.24, 2.45) is 5.92 Å². The summed E-state index contributed by atoms with van der Waals surface area (Å²) in [4.78, 5) is 12.0. The molecule has 1 amide bonds. The Morgan fingerprint density at radius 2 is 1.88 bits per heavy atom. The lowest BCUT2D eigenvalue weighted by molar-refractivity contribution is -0.121. The molecule has 1 N–H and O–H groups in total. The quantitative estimate of drug-likeness (QED) is 0.808. The van der Waals surface area contributed by atoms with Crippen LogP contribution in [0.15, 0.2) is 52.0 Å². The highest BCUT2D eigenvalue weighted by molar-refractivity contribution is 7.91. The molecule has 130 valence electrons. The molecule has 24 heavy (non-hydrogen) atoms. The van der Waals surface area contributed by atoms with E-state index in [9.17, 15) is 13.2 Å². The van der Waals surface area contributed by atoms with Gasteiger partial charge in [0.2, 0.25) is 5.91 Å². The predicted octanol–water partition coefficient (Wildman–Crippen LogP) is 3.61. The van der Waals surface area contributed by atoms with E-state index in [1.807, 2.05) is 13.8 Å².